The molecule has 0 spiro atoms. The van der Waals surface area contributed by atoms with Gasteiger partial charge in [0, 0.05) is 6.61 Å². The van der Waals surface area contributed by atoms with Crippen LogP contribution in [0.3, 0.4) is 0 Å². The van der Waals surface area contributed by atoms with Gasteiger partial charge in [0.25, 0.3) is 0 Å². The molecule has 0 aromatic heterocycles. The van der Waals surface area contributed by atoms with E-state index in [1.807, 2.05) is 0 Å². The quantitative estimate of drug-likeness (QED) is 0.636. The van der Waals surface area contributed by atoms with Gasteiger partial charge in [-0.25, -0.2) is 0 Å². The second kappa shape index (κ2) is 4.73. The summed E-state index contributed by atoms with van der Waals surface area (Å²) in [6.07, 6.45) is 0.703. The van der Waals surface area contributed by atoms with Crippen molar-refractivity contribution in [2.45, 2.75) is 40.2 Å². The molecule has 68 valence electrons. The van der Waals surface area contributed by atoms with Crippen LogP contribution < -0.4 is 0 Å². The predicted molar refractivity (Wildman–Crippen MR) is 46.6 cm³/mol. The number of ether oxygens (including phenoxy) is 1. The number of rotatable bonds is 4. The summed E-state index contributed by atoms with van der Waals surface area (Å²) in [4.78, 5) is 0. The minimum atomic E-state index is -0.338. The lowest BCUT2D eigenvalue weighted by atomic mass is 9.93. The van der Waals surface area contributed by atoms with Gasteiger partial charge in [0.05, 0.1) is 12.7 Å². The molecule has 0 unspecified atom stereocenters. The molecular weight excluding hydrogens is 140 g/mol. The molecule has 2 nitrogen and oxygen atoms in total. The Kier molecular flexibility index (Phi) is 4.69. The maximum Gasteiger partial charge on any atom is 0.0745 e. The van der Waals surface area contributed by atoms with Gasteiger partial charge < -0.3 is 9.84 Å². The average molecular weight is 160 g/mol. The zero-order chi connectivity index (χ0) is 8.91. The molecule has 0 saturated heterocycles. The molecule has 0 aliphatic heterocycles. The van der Waals surface area contributed by atoms with E-state index in [0.29, 0.717) is 12.0 Å². The fourth-order valence-corrected chi connectivity index (χ4v) is 0.632. The fraction of sp³-hybridized carbons (Fsp3) is 1.00. The summed E-state index contributed by atoms with van der Waals surface area (Å²) in [5.41, 5.74) is 0.332. The van der Waals surface area contributed by atoms with Crippen molar-refractivity contribution in [3.63, 3.8) is 0 Å². The molecule has 11 heavy (non-hydrogen) atoms. The molecule has 0 saturated carbocycles. The average Bonchev–Trinajstić information content (AvgIpc) is 1.78. The number of aliphatic hydroxyl groups is 1. The SMILES string of the molecule is C[C@H](O)COCCC(C)(C)C. The van der Waals surface area contributed by atoms with Crippen LogP contribution in [0.2, 0.25) is 0 Å². The molecule has 0 fully saturated rings. The summed E-state index contributed by atoms with van der Waals surface area (Å²) in [5.74, 6) is 0. The molecule has 1 N–H and O–H groups in total. The van der Waals surface area contributed by atoms with Crippen molar-refractivity contribution in [1.82, 2.24) is 0 Å². The van der Waals surface area contributed by atoms with Gasteiger partial charge in [0.2, 0.25) is 0 Å². The predicted octanol–water partition coefficient (Wildman–Crippen LogP) is 1.82. The molecule has 0 bridgehead atoms. The Morgan fingerprint density at radius 1 is 1.36 bits per heavy atom. The lowest BCUT2D eigenvalue weighted by Crippen LogP contribution is -2.14. The molecule has 0 aliphatic carbocycles. The lowest BCUT2D eigenvalue weighted by molar-refractivity contribution is 0.0355. The van der Waals surface area contributed by atoms with E-state index in [4.69, 9.17) is 9.84 Å². The first-order valence-corrected chi connectivity index (χ1v) is 4.17. The Morgan fingerprint density at radius 3 is 2.27 bits per heavy atom. The standard InChI is InChI=1S/C9H20O2/c1-8(10)7-11-6-5-9(2,3)4/h8,10H,5-7H2,1-4H3/t8-/m0/s1. The van der Waals surface area contributed by atoms with Crippen LogP contribution in [0.1, 0.15) is 34.1 Å². The zero-order valence-electron chi connectivity index (χ0n) is 8.05. The minimum Gasteiger partial charge on any atom is -0.391 e. The van der Waals surface area contributed by atoms with Crippen LogP contribution in [0.4, 0.5) is 0 Å². The van der Waals surface area contributed by atoms with Crippen molar-refractivity contribution >= 4 is 0 Å². The third kappa shape index (κ3) is 9.92. The largest absolute Gasteiger partial charge is 0.391 e. The van der Waals surface area contributed by atoms with Crippen molar-refractivity contribution < 1.29 is 9.84 Å². The van der Waals surface area contributed by atoms with Gasteiger partial charge in [-0.15, -0.1) is 0 Å². The molecule has 1 atom stereocenters. The van der Waals surface area contributed by atoms with Crippen LogP contribution in [-0.4, -0.2) is 24.4 Å². The molecule has 0 aromatic carbocycles. The van der Waals surface area contributed by atoms with Gasteiger partial charge in [-0.05, 0) is 18.8 Å². The fourth-order valence-electron chi connectivity index (χ4n) is 0.632. The van der Waals surface area contributed by atoms with Crippen molar-refractivity contribution in [2.24, 2.45) is 5.41 Å². The van der Waals surface area contributed by atoms with Gasteiger partial charge in [-0.1, -0.05) is 20.8 Å². The van der Waals surface area contributed by atoms with Gasteiger partial charge in [-0.2, -0.15) is 0 Å². The van der Waals surface area contributed by atoms with Gasteiger partial charge >= 0.3 is 0 Å². The zero-order valence-corrected chi connectivity index (χ0v) is 8.05. The highest BCUT2D eigenvalue weighted by atomic mass is 16.5. The van der Waals surface area contributed by atoms with E-state index in [2.05, 4.69) is 20.8 Å². The Hall–Kier alpha value is -0.0800. The molecule has 0 aromatic rings. The Morgan fingerprint density at radius 2 is 1.91 bits per heavy atom. The van der Waals surface area contributed by atoms with E-state index in [1.54, 1.807) is 6.92 Å². The van der Waals surface area contributed by atoms with Crippen molar-refractivity contribution in [1.29, 1.82) is 0 Å². The first-order chi connectivity index (χ1) is 4.92. The second-order valence-electron chi connectivity index (χ2n) is 4.23. The van der Waals surface area contributed by atoms with Crippen LogP contribution in [0, 0.1) is 5.41 Å². The van der Waals surface area contributed by atoms with E-state index in [1.165, 1.54) is 0 Å². The molecule has 0 aliphatic rings. The number of hydrogen-bond donors (Lipinski definition) is 1. The summed E-state index contributed by atoms with van der Waals surface area (Å²) in [6, 6.07) is 0. The van der Waals surface area contributed by atoms with Crippen LogP contribution in [-0.2, 0) is 4.74 Å². The van der Waals surface area contributed by atoms with E-state index >= 15 is 0 Å². The summed E-state index contributed by atoms with van der Waals surface area (Å²) >= 11 is 0. The van der Waals surface area contributed by atoms with Crippen LogP contribution in [0.25, 0.3) is 0 Å². The molecular formula is C9H20O2. The Balaban J connectivity index is 3.15. The van der Waals surface area contributed by atoms with Gasteiger partial charge in [-0.3, -0.25) is 0 Å². The molecule has 0 rings (SSSR count). The van der Waals surface area contributed by atoms with E-state index in [9.17, 15) is 0 Å². The van der Waals surface area contributed by atoms with Crippen LogP contribution >= 0.6 is 0 Å². The topological polar surface area (TPSA) is 29.5 Å². The highest BCUT2D eigenvalue weighted by Gasteiger charge is 2.09. The monoisotopic (exact) mass is 160 g/mol. The first-order valence-electron chi connectivity index (χ1n) is 4.17. The van der Waals surface area contributed by atoms with Crippen molar-refractivity contribution in [2.75, 3.05) is 13.2 Å². The first kappa shape index (κ1) is 10.9. The summed E-state index contributed by atoms with van der Waals surface area (Å²) in [6.45, 7) is 9.47. The Labute approximate surface area is 69.6 Å². The highest BCUT2D eigenvalue weighted by molar-refractivity contribution is 4.60. The molecule has 0 radical (unpaired) electrons. The number of hydrogen-bond acceptors (Lipinski definition) is 2. The van der Waals surface area contributed by atoms with Crippen LogP contribution in [0.15, 0.2) is 0 Å². The minimum absolute atomic E-state index is 0.332. The van der Waals surface area contributed by atoms with Crippen molar-refractivity contribution in [3.8, 4) is 0 Å². The van der Waals surface area contributed by atoms with E-state index in [-0.39, 0.29) is 6.10 Å². The normalized spacial score (nSPS) is 15.0. The van der Waals surface area contributed by atoms with Crippen LogP contribution in [0.5, 0.6) is 0 Å². The maximum absolute atomic E-state index is 8.86. The Bertz CT molecular complexity index is 92.2. The van der Waals surface area contributed by atoms with Crippen molar-refractivity contribution in [3.05, 3.63) is 0 Å². The highest BCUT2D eigenvalue weighted by Crippen LogP contribution is 2.17. The third-order valence-electron chi connectivity index (χ3n) is 1.36. The number of aliphatic hydroxyl groups excluding tert-OH is 1. The molecule has 0 heterocycles. The smallest absolute Gasteiger partial charge is 0.0745 e. The van der Waals surface area contributed by atoms with E-state index in [0.717, 1.165) is 13.0 Å². The third-order valence-corrected chi connectivity index (χ3v) is 1.36. The van der Waals surface area contributed by atoms with E-state index < -0.39 is 0 Å². The summed E-state index contributed by atoms with van der Waals surface area (Å²) < 4.78 is 5.22. The molecule has 2 heteroatoms. The lowest BCUT2D eigenvalue weighted by Gasteiger charge is -2.17. The van der Waals surface area contributed by atoms with Gasteiger partial charge in [0.1, 0.15) is 0 Å². The van der Waals surface area contributed by atoms with Gasteiger partial charge in [0.15, 0.2) is 0 Å². The summed E-state index contributed by atoms with van der Waals surface area (Å²) in [7, 11) is 0. The second-order valence-corrected chi connectivity index (χ2v) is 4.23. The molecule has 0 amide bonds. The summed E-state index contributed by atoms with van der Waals surface area (Å²) in [5, 5.41) is 8.86. The maximum atomic E-state index is 8.86.